The van der Waals surface area contributed by atoms with Crippen LogP contribution in [0.5, 0.6) is 0 Å². The van der Waals surface area contributed by atoms with Crippen molar-refractivity contribution in [3.8, 4) is 6.07 Å². The summed E-state index contributed by atoms with van der Waals surface area (Å²) in [6.07, 6.45) is 7.16. The SMILES string of the molecule is N#CC1C=CC=C[C]1N. The van der Waals surface area contributed by atoms with Gasteiger partial charge in [0.05, 0.1) is 18.0 Å². The van der Waals surface area contributed by atoms with Crippen molar-refractivity contribution in [1.82, 2.24) is 0 Å². The van der Waals surface area contributed by atoms with Crippen LogP contribution in [0, 0.1) is 23.3 Å². The van der Waals surface area contributed by atoms with Gasteiger partial charge in [-0.15, -0.1) is 0 Å². The summed E-state index contributed by atoms with van der Waals surface area (Å²) in [4.78, 5) is 0. The topological polar surface area (TPSA) is 49.8 Å². The van der Waals surface area contributed by atoms with Crippen LogP contribution in [0.25, 0.3) is 0 Å². The number of nitrogens with zero attached hydrogens (tertiary/aromatic N) is 1. The Balaban J connectivity index is 2.68. The highest BCUT2D eigenvalue weighted by Gasteiger charge is 2.12. The Bertz CT molecular complexity index is 186. The Labute approximate surface area is 54.3 Å². The smallest absolute Gasteiger partial charge is 0.0884 e. The molecule has 0 heterocycles. The quantitative estimate of drug-likeness (QED) is 0.511. The largest absolute Gasteiger partial charge is 0.319 e. The highest BCUT2D eigenvalue weighted by atomic mass is 14.6. The number of hydrogen-bond donors (Lipinski definition) is 1. The summed E-state index contributed by atoms with van der Waals surface area (Å²) in [5.74, 6) is -0.213. The van der Waals surface area contributed by atoms with Crippen LogP contribution in [0.2, 0.25) is 0 Å². The third kappa shape index (κ3) is 1.18. The van der Waals surface area contributed by atoms with E-state index in [0.29, 0.717) is 6.04 Å². The third-order valence-corrected chi connectivity index (χ3v) is 1.20. The monoisotopic (exact) mass is 119 g/mol. The fourth-order valence-electron chi connectivity index (χ4n) is 0.674. The van der Waals surface area contributed by atoms with Crippen LogP contribution in [-0.4, -0.2) is 0 Å². The molecule has 1 radical (unpaired) electrons. The van der Waals surface area contributed by atoms with Crippen molar-refractivity contribution in [3.63, 3.8) is 0 Å². The van der Waals surface area contributed by atoms with Crippen molar-refractivity contribution in [3.05, 3.63) is 30.3 Å². The van der Waals surface area contributed by atoms with Crippen LogP contribution < -0.4 is 5.73 Å². The van der Waals surface area contributed by atoms with E-state index >= 15 is 0 Å². The van der Waals surface area contributed by atoms with Gasteiger partial charge in [-0.1, -0.05) is 24.3 Å². The normalized spacial score (nSPS) is 26.0. The lowest BCUT2D eigenvalue weighted by molar-refractivity contribution is 0.848. The van der Waals surface area contributed by atoms with Gasteiger partial charge in [0.1, 0.15) is 0 Å². The average molecular weight is 119 g/mol. The Morgan fingerprint density at radius 3 is 2.78 bits per heavy atom. The molecule has 0 aromatic heterocycles. The Morgan fingerprint density at radius 1 is 1.56 bits per heavy atom. The zero-order chi connectivity index (χ0) is 6.69. The van der Waals surface area contributed by atoms with E-state index in [9.17, 15) is 0 Å². The Morgan fingerprint density at radius 2 is 2.33 bits per heavy atom. The van der Waals surface area contributed by atoms with E-state index in [-0.39, 0.29) is 5.92 Å². The van der Waals surface area contributed by atoms with Crippen molar-refractivity contribution in [1.29, 1.82) is 5.26 Å². The summed E-state index contributed by atoms with van der Waals surface area (Å²) >= 11 is 0. The number of hydrogen-bond acceptors (Lipinski definition) is 2. The highest BCUT2D eigenvalue weighted by Crippen LogP contribution is 2.14. The molecular weight excluding hydrogens is 112 g/mol. The maximum absolute atomic E-state index is 8.43. The molecule has 0 saturated carbocycles. The maximum Gasteiger partial charge on any atom is 0.0884 e. The summed E-state index contributed by atoms with van der Waals surface area (Å²) in [5.41, 5.74) is 5.45. The molecule has 1 unspecified atom stereocenters. The van der Waals surface area contributed by atoms with E-state index in [1.54, 1.807) is 12.2 Å². The summed E-state index contributed by atoms with van der Waals surface area (Å²) in [5, 5.41) is 8.43. The summed E-state index contributed by atoms with van der Waals surface area (Å²) in [7, 11) is 0. The van der Waals surface area contributed by atoms with Gasteiger partial charge in [0.15, 0.2) is 0 Å². The molecule has 1 rings (SSSR count). The molecule has 2 heteroatoms. The Hall–Kier alpha value is -1.07. The first kappa shape index (κ1) is 6.06. The molecule has 2 nitrogen and oxygen atoms in total. The van der Waals surface area contributed by atoms with Crippen molar-refractivity contribution in [2.75, 3.05) is 0 Å². The van der Waals surface area contributed by atoms with Gasteiger partial charge in [0.25, 0.3) is 0 Å². The predicted octanol–water partition coefficient (Wildman–Crippen LogP) is 0.743. The van der Waals surface area contributed by atoms with E-state index in [0.717, 1.165) is 0 Å². The molecule has 2 N–H and O–H groups in total. The first-order chi connectivity index (χ1) is 4.34. The zero-order valence-corrected chi connectivity index (χ0v) is 4.91. The number of nitriles is 1. The molecule has 0 spiro atoms. The Kier molecular flexibility index (Phi) is 1.66. The minimum atomic E-state index is -0.213. The predicted molar refractivity (Wildman–Crippen MR) is 34.8 cm³/mol. The molecule has 1 aliphatic rings. The molecule has 0 amide bonds. The summed E-state index contributed by atoms with van der Waals surface area (Å²) in [6.45, 7) is 0. The van der Waals surface area contributed by atoms with Gasteiger partial charge in [-0.2, -0.15) is 5.26 Å². The van der Waals surface area contributed by atoms with E-state index < -0.39 is 0 Å². The van der Waals surface area contributed by atoms with Crippen LogP contribution in [0.15, 0.2) is 24.3 Å². The van der Waals surface area contributed by atoms with Crippen LogP contribution in [0.3, 0.4) is 0 Å². The second-order valence-electron chi connectivity index (χ2n) is 1.85. The summed E-state index contributed by atoms with van der Waals surface area (Å²) in [6, 6.07) is 2.68. The first-order valence-corrected chi connectivity index (χ1v) is 2.71. The number of nitrogens with two attached hydrogens (primary N) is 1. The fraction of sp³-hybridized carbons (Fsp3) is 0.143. The molecule has 0 bridgehead atoms. The first-order valence-electron chi connectivity index (χ1n) is 2.71. The molecule has 1 aliphatic carbocycles. The molecule has 0 aliphatic heterocycles. The van der Waals surface area contributed by atoms with E-state index in [4.69, 9.17) is 11.0 Å². The maximum atomic E-state index is 8.43. The molecule has 45 valence electrons. The van der Waals surface area contributed by atoms with Gasteiger partial charge in [-0.05, 0) is 0 Å². The number of rotatable bonds is 0. The minimum absolute atomic E-state index is 0.213. The van der Waals surface area contributed by atoms with Gasteiger partial charge >= 0.3 is 0 Å². The second-order valence-corrected chi connectivity index (χ2v) is 1.85. The lowest BCUT2D eigenvalue weighted by atomic mass is 9.98. The number of allylic oxidation sites excluding steroid dienone is 2. The van der Waals surface area contributed by atoms with Gasteiger partial charge in [-0.3, -0.25) is 0 Å². The van der Waals surface area contributed by atoms with E-state index in [2.05, 4.69) is 6.07 Å². The fourth-order valence-corrected chi connectivity index (χ4v) is 0.674. The zero-order valence-electron chi connectivity index (χ0n) is 4.91. The lowest BCUT2D eigenvalue weighted by Crippen LogP contribution is -2.17. The van der Waals surface area contributed by atoms with Gasteiger partial charge in [-0.25, -0.2) is 0 Å². The molecule has 9 heavy (non-hydrogen) atoms. The molecule has 0 fully saturated rings. The molecular formula is C7H7N2. The average Bonchev–Trinajstić information content (AvgIpc) is 1.89. The van der Waals surface area contributed by atoms with Crippen molar-refractivity contribution >= 4 is 0 Å². The van der Waals surface area contributed by atoms with Gasteiger partial charge < -0.3 is 5.73 Å². The van der Waals surface area contributed by atoms with Crippen LogP contribution in [-0.2, 0) is 0 Å². The van der Waals surface area contributed by atoms with Crippen molar-refractivity contribution in [2.45, 2.75) is 0 Å². The highest BCUT2D eigenvalue weighted by molar-refractivity contribution is 5.29. The van der Waals surface area contributed by atoms with Crippen molar-refractivity contribution < 1.29 is 0 Å². The van der Waals surface area contributed by atoms with Gasteiger partial charge in [0, 0.05) is 0 Å². The molecule has 0 aromatic carbocycles. The summed E-state index contributed by atoms with van der Waals surface area (Å²) < 4.78 is 0. The van der Waals surface area contributed by atoms with Gasteiger partial charge in [0.2, 0.25) is 0 Å². The lowest BCUT2D eigenvalue weighted by Gasteiger charge is -2.09. The van der Waals surface area contributed by atoms with E-state index in [1.807, 2.05) is 12.2 Å². The van der Waals surface area contributed by atoms with Crippen molar-refractivity contribution in [2.24, 2.45) is 11.7 Å². The standard InChI is InChI=1S/C7H7N2/c8-5-6-3-1-2-4-7(6)9/h1-4,6H,9H2. The second kappa shape index (κ2) is 2.47. The molecule has 0 aromatic rings. The molecule has 1 atom stereocenters. The third-order valence-electron chi connectivity index (χ3n) is 1.20. The minimum Gasteiger partial charge on any atom is -0.319 e. The van der Waals surface area contributed by atoms with Crippen LogP contribution >= 0.6 is 0 Å². The van der Waals surface area contributed by atoms with Crippen LogP contribution in [0.1, 0.15) is 0 Å². The van der Waals surface area contributed by atoms with Crippen LogP contribution in [0.4, 0.5) is 0 Å². The van der Waals surface area contributed by atoms with E-state index in [1.165, 1.54) is 0 Å². The molecule has 0 saturated heterocycles.